The third kappa shape index (κ3) is 3.20. The highest BCUT2D eigenvalue weighted by Crippen LogP contribution is 2.31. The van der Waals surface area contributed by atoms with Crippen molar-refractivity contribution >= 4 is 17.5 Å². The minimum absolute atomic E-state index is 0.0987. The van der Waals surface area contributed by atoms with Crippen molar-refractivity contribution in [3.8, 4) is 0 Å². The first-order valence-corrected chi connectivity index (χ1v) is 4.75. The number of aryl methyl sites for hydroxylation is 1. The van der Waals surface area contributed by atoms with Crippen molar-refractivity contribution in [1.82, 2.24) is 5.43 Å². The van der Waals surface area contributed by atoms with Gasteiger partial charge in [0.05, 0.1) is 5.56 Å². The molecule has 0 aromatic heterocycles. The van der Waals surface area contributed by atoms with Gasteiger partial charge in [-0.05, 0) is 24.6 Å². The monoisotopic (exact) mass is 261 g/mol. The van der Waals surface area contributed by atoms with Gasteiger partial charge in [0.1, 0.15) is 0 Å². The van der Waals surface area contributed by atoms with Gasteiger partial charge in [-0.1, -0.05) is 6.07 Å². The summed E-state index contributed by atoms with van der Waals surface area (Å²) in [7, 11) is 0. The quantitative estimate of drug-likeness (QED) is 0.304. The van der Waals surface area contributed by atoms with Gasteiger partial charge in [-0.2, -0.15) is 13.2 Å². The first-order chi connectivity index (χ1) is 8.25. The number of hydrazine groups is 1. The lowest BCUT2D eigenvalue weighted by atomic mass is 10.1. The van der Waals surface area contributed by atoms with Crippen LogP contribution in [0.4, 0.5) is 18.9 Å². The van der Waals surface area contributed by atoms with Gasteiger partial charge in [-0.25, -0.2) is 5.84 Å². The number of amides is 2. The van der Waals surface area contributed by atoms with Crippen molar-refractivity contribution in [3.05, 3.63) is 29.3 Å². The molecule has 8 heteroatoms. The van der Waals surface area contributed by atoms with E-state index in [4.69, 9.17) is 5.84 Å². The van der Waals surface area contributed by atoms with E-state index in [1.807, 2.05) is 5.32 Å². The number of halogens is 3. The number of alkyl halides is 3. The van der Waals surface area contributed by atoms with Crippen LogP contribution in [0, 0.1) is 6.92 Å². The topological polar surface area (TPSA) is 84.2 Å². The van der Waals surface area contributed by atoms with Crippen LogP contribution in [0.1, 0.15) is 11.1 Å². The van der Waals surface area contributed by atoms with Crippen LogP contribution in [0.3, 0.4) is 0 Å². The van der Waals surface area contributed by atoms with Crippen LogP contribution in [-0.4, -0.2) is 11.8 Å². The number of nitrogens with one attached hydrogen (secondary N) is 2. The SMILES string of the molecule is Cc1ccc(C(F)(F)F)cc1NC(=O)C(=O)NN. The molecule has 2 amide bonds. The molecular weight excluding hydrogens is 251 g/mol. The number of carbonyl (C=O) groups is 2. The van der Waals surface area contributed by atoms with Crippen LogP contribution < -0.4 is 16.6 Å². The minimum Gasteiger partial charge on any atom is -0.317 e. The van der Waals surface area contributed by atoms with E-state index >= 15 is 0 Å². The summed E-state index contributed by atoms with van der Waals surface area (Å²) in [4.78, 5) is 22.0. The zero-order chi connectivity index (χ0) is 13.9. The second kappa shape index (κ2) is 5.05. The summed E-state index contributed by atoms with van der Waals surface area (Å²) >= 11 is 0. The van der Waals surface area contributed by atoms with E-state index in [1.54, 1.807) is 5.43 Å². The number of hydrogen-bond donors (Lipinski definition) is 3. The summed E-state index contributed by atoms with van der Waals surface area (Å²) in [6.45, 7) is 1.50. The molecule has 1 aromatic rings. The standard InChI is InChI=1S/C10H10F3N3O2/c1-5-2-3-6(10(11,12)13)4-7(5)15-8(17)9(18)16-14/h2-4H,14H2,1H3,(H,15,17)(H,16,18). The highest BCUT2D eigenvalue weighted by atomic mass is 19.4. The Hall–Kier alpha value is -2.09. The predicted molar refractivity (Wildman–Crippen MR) is 57.1 cm³/mol. The van der Waals surface area contributed by atoms with Crippen molar-refractivity contribution in [3.63, 3.8) is 0 Å². The number of nitrogens with two attached hydrogens (primary N) is 1. The number of rotatable bonds is 1. The van der Waals surface area contributed by atoms with Crippen molar-refractivity contribution in [2.45, 2.75) is 13.1 Å². The zero-order valence-electron chi connectivity index (χ0n) is 9.26. The highest BCUT2D eigenvalue weighted by molar-refractivity contribution is 6.39. The summed E-state index contributed by atoms with van der Waals surface area (Å²) in [6.07, 6.45) is -4.52. The maximum Gasteiger partial charge on any atom is 0.416 e. The zero-order valence-corrected chi connectivity index (χ0v) is 9.26. The molecule has 0 unspecified atom stereocenters. The Labute approximate surface area is 100 Å². The lowest BCUT2D eigenvalue weighted by Gasteiger charge is -2.11. The molecule has 0 saturated carbocycles. The van der Waals surface area contributed by atoms with Crippen molar-refractivity contribution in [2.24, 2.45) is 5.84 Å². The fraction of sp³-hybridized carbons (Fsp3) is 0.200. The van der Waals surface area contributed by atoms with E-state index in [0.717, 1.165) is 12.1 Å². The molecule has 98 valence electrons. The summed E-state index contributed by atoms with van der Waals surface area (Å²) in [5.41, 5.74) is 0.948. The molecule has 4 N–H and O–H groups in total. The predicted octanol–water partition coefficient (Wildman–Crippen LogP) is 0.942. The molecule has 0 atom stereocenters. The molecule has 18 heavy (non-hydrogen) atoms. The summed E-state index contributed by atoms with van der Waals surface area (Å²) in [5.74, 6) is 2.44. The smallest absolute Gasteiger partial charge is 0.317 e. The molecule has 1 rings (SSSR count). The van der Waals surface area contributed by atoms with Gasteiger partial charge in [-0.3, -0.25) is 15.0 Å². The average Bonchev–Trinajstić information content (AvgIpc) is 2.29. The maximum absolute atomic E-state index is 12.4. The van der Waals surface area contributed by atoms with Crippen molar-refractivity contribution in [2.75, 3.05) is 5.32 Å². The summed E-state index contributed by atoms with van der Waals surface area (Å²) in [6, 6.07) is 2.82. The van der Waals surface area contributed by atoms with Gasteiger partial charge in [0.25, 0.3) is 0 Å². The third-order valence-electron chi connectivity index (χ3n) is 2.15. The van der Waals surface area contributed by atoms with E-state index in [0.29, 0.717) is 5.56 Å². The van der Waals surface area contributed by atoms with E-state index < -0.39 is 23.6 Å². The fourth-order valence-electron chi connectivity index (χ4n) is 1.18. The van der Waals surface area contributed by atoms with Gasteiger partial charge >= 0.3 is 18.0 Å². The third-order valence-corrected chi connectivity index (χ3v) is 2.15. The summed E-state index contributed by atoms with van der Waals surface area (Å²) in [5, 5.41) is 2.04. The van der Waals surface area contributed by atoms with Gasteiger partial charge in [0, 0.05) is 5.69 Å². The highest BCUT2D eigenvalue weighted by Gasteiger charge is 2.31. The number of carbonyl (C=O) groups excluding carboxylic acids is 2. The van der Waals surface area contributed by atoms with E-state index in [1.165, 1.54) is 13.0 Å². The van der Waals surface area contributed by atoms with Crippen molar-refractivity contribution in [1.29, 1.82) is 0 Å². The first-order valence-electron chi connectivity index (χ1n) is 4.75. The molecule has 0 saturated heterocycles. The van der Waals surface area contributed by atoms with E-state index in [9.17, 15) is 22.8 Å². The molecule has 0 aliphatic heterocycles. The first kappa shape index (κ1) is 14.0. The largest absolute Gasteiger partial charge is 0.416 e. The molecule has 0 radical (unpaired) electrons. The molecule has 0 heterocycles. The molecule has 0 aliphatic carbocycles. The Balaban J connectivity index is 3.02. The normalized spacial score (nSPS) is 10.9. The molecule has 0 bridgehead atoms. The molecular formula is C10H10F3N3O2. The fourth-order valence-corrected chi connectivity index (χ4v) is 1.18. The van der Waals surface area contributed by atoms with Crippen LogP contribution in [0.5, 0.6) is 0 Å². The van der Waals surface area contributed by atoms with E-state index in [-0.39, 0.29) is 5.69 Å². The minimum atomic E-state index is -4.52. The number of anilines is 1. The summed E-state index contributed by atoms with van der Waals surface area (Å²) < 4.78 is 37.3. The average molecular weight is 261 g/mol. The Morgan fingerprint density at radius 2 is 1.83 bits per heavy atom. The maximum atomic E-state index is 12.4. The molecule has 5 nitrogen and oxygen atoms in total. The molecule has 1 aromatic carbocycles. The van der Waals surface area contributed by atoms with Crippen LogP contribution >= 0.6 is 0 Å². The Bertz CT molecular complexity index is 486. The van der Waals surface area contributed by atoms with Gasteiger partial charge in [-0.15, -0.1) is 0 Å². The second-order valence-corrected chi connectivity index (χ2v) is 3.46. The number of hydrogen-bond acceptors (Lipinski definition) is 3. The Morgan fingerprint density at radius 3 is 2.33 bits per heavy atom. The molecule has 0 fully saturated rings. The van der Waals surface area contributed by atoms with Gasteiger partial charge in [0.2, 0.25) is 0 Å². The van der Waals surface area contributed by atoms with Gasteiger partial charge in [0.15, 0.2) is 0 Å². The van der Waals surface area contributed by atoms with Crippen LogP contribution in [0.2, 0.25) is 0 Å². The second-order valence-electron chi connectivity index (χ2n) is 3.46. The Morgan fingerprint density at radius 1 is 1.22 bits per heavy atom. The van der Waals surface area contributed by atoms with Crippen LogP contribution in [-0.2, 0) is 15.8 Å². The van der Waals surface area contributed by atoms with E-state index in [2.05, 4.69) is 0 Å². The van der Waals surface area contributed by atoms with Crippen LogP contribution in [0.15, 0.2) is 18.2 Å². The molecule has 0 spiro atoms. The lowest BCUT2D eigenvalue weighted by Crippen LogP contribution is -2.39. The Kier molecular flexibility index (Phi) is 3.92. The number of benzene rings is 1. The van der Waals surface area contributed by atoms with Gasteiger partial charge < -0.3 is 5.32 Å². The lowest BCUT2D eigenvalue weighted by molar-refractivity contribution is -0.137. The molecule has 0 aliphatic rings. The van der Waals surface area contributed by atoms with Crippen LogP contribution in [0.25, 0.3) is 0 Å². The van der Waals surface area contributed by atoms with Crippen molar-refractivity contribution < 1.29 is 22.8 Å².